The van der Waals surface area contributed by atoms with E-state index < -0.39 is 0 Å². The quantitative estimate of drug-likeness (QED) is 0.475. The van der Waals surface area contributed by atoms with Gasteiger partial charge in [0.1, 0.15) is 11.7 Å². The first-order valence-corrected chi connectivity index (χ1v) is 8.45. The fraction of sp³-hybridized carbons (Fsp3) is 0.765. The molecule has 0 aliphatic carbocycles. The number of amidine groups is 1. The second-order valence-corrected chi connectivity index (χ2v) is 6.24. The van der Waals surface area contributed by atoms with Crippen LogP contribution in [-0.2, 0) is 4.74 Å². The van der Waals surface area contributed by atoms with Crippen molar-refractivity contribution in [3.8, 4) is 0 Å². The lowest BCUT2D eigenvalue weighted by atomic mass is 9.99. The summed E-state index contributed by atoms with van der Waals surface area (Å²) in [6, 6.07) is 0.128. The average molecular weight is 323 g/mol. The molecule has 132 valence electrons. The normalized spacial score (nSPS) is 18.0. The number of likely N-dealkylation sites (tertiary alicyclic amines) is 1. The van der Waals surface area contributed by atoms with Crippen LogP contribution in [0.5, 0.6) is 0 Å². The number of hydrogen-bond acceptors (Lipinski definition) is 5. The lowest BCUT2D eigenvalue weighted by Crippen LogP contribution is -2.52. The Kier molecular flexibility index (Phi) is 8.26. The average Bonchev–Trinajstić information content (AvgIpc) is 2.50. The molecule has 2 N–H and O–H groups in total. The summed E-state index contributed by atoms with van der Waals surface area (Å²) in [5.41, 5.74) is 0.830. The van der Waals surface area contributed by atoms with Crippen molar-refractivity contribution in [2.45, 2.75) is 33.7 Å². The van der Waals surface area contributed by atoms with Crippen molar-refractivity contribution >= 4 is 12.6 Å². The molecule has 1 aliphatic rings. The number of nitrogens with zero attached hydrogens (tertiary/aromatic N) is 3. The first-order valence-electron chi connectivity index (χ1n) is 8.45. The van der Waals surface area contributed by atoms with Gasteiger partial charge in [0.05, 0.1) is 6.61 Å². The van der Waals surface area contributed by atoms with Crippen molar-refractivity contribution < 1.29 is 4.74 Å². The van der Waals surface area contributed by atoms with Crippen LogP contribution in [0.3, 0.4) is 0 Å². The van der Waals surface area contributed by atoms with E-state index in [1.807, 2.05) is 13.8 Å². The van der Waals surface area contributed by atoms with Gasteiger partial charge in [-0.1, -0.05) is 6.92 Å². The molecule has 0 aromatic carbocycles. The molecule has 1 atom stereocenters. The first-order chi connectivity index (χ1) is 11.0. The van der Waals surface area contributed by atoms with Crippen LogP contribution in [0, 0.1) is 11.3 Å². The van der Waals surface area contributed by atoms with Gasteiger partial charge in [-0.25, -0.2) is 4.99 Å². The van der Waals surface area contributed by atoms with Gasteiger partial charge in [0.2, 0.25) is 0 Å². The molecule has 0 bridgehead atoms. The van der Waals surface area contributed by atoms with Crippen molar-refractivity contribution in [2.75, 3.05) is 46.4 Å². The van der Waals surface area contributed by atoms with Gasteiger partial charge in [0.15, 0.2) is 0 Å². The van der Waals surface area contributed by atoms with Crippen LogP contribution in [0.4, 0.5) is 0 Å². The Morgan fingerprint density at radius 3 is 2.61 bits per heavy atom. The number of aliphatic imine (C=N–C) groups is 1. The predicted molar refractivity (Wildman–Crippen MR) is 97.3 cm³/mol. The maximum Gasteiger partial charge on any atom is 0.132 e. The lowest BCUT2D eigenvalue weighted by molar-refractivity contribution is 0.0901. The van der Waals surface area contributed by atoms with Crippen LogP contribution in [0.15, 0.2) is 16.4 Å². The Morgan fingerprint density at radius 2 is 2.13 bits per heavy atom. The number of methoxy groups -OCH3 is 1. The van der Waals surface area contributed by atoms with E-state index in [1.165, 1.54) is 0 Å². The van der Waals surface area contributed by atoms with Crippen molar-refractivity contribution in [1.82, 2.24) is 15.1 Å². The summed E-state index contributed by atoms with van der Waals surface area (Å²) in [6.07, 6.45) is 0. The Balaban J connectivity index is 2.69. The van der Waals surface area contributed by atoms with Gasteiger partial charge >= 0.3 is 0 Å². The van der Waals surface area contributed by atoms with Crippen molar-refractivity contribution in [3.63, 3.8) is 0 Å². The van der Waals surface area contributed by atoms with Crippen LogP contribution in [0.2, 0.25) is 0 Å². The highest BCUT2D eigenvalue weighted by Crippen LogP contribution is 2.18. The van der Waals surface area contributed by atoms with E-state index in [4.69, 9.17) is 10.1 Å². The minimum Gasteiger partial charge on any atom is -0.383 e. The summed E-state index contributed by atoms with van der Waals surface area (Å²) in [6.45, 7) is 17.6. The summed E-state index contributed by atoms with van der Waals surface area (Å²) < 4.78 is 5.14. The van der Waals surface area contributed by atoms with Gasteiger partial charge in [0, 0.05) is 50.8 Å². The topological polar surface area (TPSA) is 64.0 Å². The van der Waals surface area contributed by atoms with E-state index in [0.29, 0.717) is 24.2 Å². The van der Waals surface area contributed by atoms with Crippen molar-refractivity contribution in [3.05, 3.63) is 11.4 Å². The molecule has 0 spiro atoms. The SMILES string of the molecule is C=N/C(N[C@H](C)COC)=C(/C)C(=N)N(CC)CC1CN(CC)C1. The Labute approximate surface area is 141 Å². The molecule has 0 unspecified atom stereocenters. The summed E-state index contributed by atoms with van der Waals surface area (Å²) in [5.74, 6) is 1.85. The molecule has 6 nitrogen and oxygen atoms in total. The summed E-state index contributed by atoms with van der Waals surface area (Å²) in [7, 11) is 1.68. The number of hydrogen-bond donors (Lipinski definition) is 2. The maximum atomic E-state index is 8.51. The molecular formula is C17H33N5O. The fourth-order valence-corrected chi connectivity index (χ4v) is 2.89. The number of likely N-dealkylation sites (N-methyl/N-ethyl adjacent to an activating group) is 1. The Morgan fingerprint density at radius 1 is 1.48 bits per heavy atom. The zero-order chi connectivity index (χ0) is 17.4. The molecule has 0 radical (unpaired) electrons. The molecule has 0 aromatic heterocycles. The van der Waals surface area contributed by atoms with Gasteiger partial charge in [0.25, 0.3) is 0 Å². The number of nitrogens with one attached hydrogen (secondary N) is 2. The molecule has 1 fully saturated rings. The third-order valence-corrected chi connectivity index (χ3v) is 4.32. The maximum absolute atomic E-state index is 8.51. The van der Waals surface area contributed by atoms with E-state index in [-0.39, 0.29) is 6.04 Å². The summed E-state index contributed by atoms with van der Waals surface area (Å²) in [5, 5.41) is 11.8. The Hall–Kier alpha value is -1.40. The van der Waals surface area contributed by atoms with Gasteiger partial charge in [-0.05, 0) is 34.0 Å². The van der Waals surface area contributed by atoms with Crippen LogP contribution >= 0.6 is 0 Å². The molecule has 0 amide bonds. The fourth-order valence-electron chi connectivity index (χ4n) is 2.89. The largest absolute Gasteiger partial charge is 0.383 e. The molecule has 1 heterocycles. The standard InChI is InChI=1S/C17H33N5O/c1-7-21-9-15(10-21)11-22(8-2)16(18)14(4)17(19-5)20-13(3)12-23-6/h13,15,18,20H,5,7-12H2,1-4,6H3/b17-14+,18-16?/t13-/m1/s1. The molecule has 1 saturated heterocycles. The van der Waals surface area contributed by atoms with Gasteiger partial charge in [-0.3, -0.25) is 5.41 Å². The highest BCUT2D eigenvalue weighted by Gasteiger charge is 2.28. The lowest BCUT2D eigenvalue weighted by Gasteiger charge is -2.41. The van der Waals surface area contributed by atoms with E-state index >= 15 is 0 Å². The molecule has 1 rings (SSSR count). The first kappa shape index (κ1) is 19.6. The third-order valence-electron chi connectivity index (χ3n) is 4.32. The molecule has 0 saturated carbocycles. The minimum atomic E-state index is 0.128. The van der Waals surface area contributed by atoms with Crippen molar-refractivity contribution in [1.29, 1.82) is 5.41 Å². The molecule has 1 aliphatic heterocycles. The smallest absolute Gasteiger partial charge is 0.132 e. The van der Waals surface area contributed by atoms with Crippen LogP contribution in [0.1, 0.15) is 27.7 Å². The Bertz CT molecular complexity index is 429. The zero-order valence-corrected chi connectivity index (χ0v) is 15.4. The third kappa shape index (κ3) is 5.62. The van der Waals surface area contributed by atoms with E-state index in [1.54, 1.807) is 7.11 Å². The molecule has 0 aromatic rings. The van der Waals surface area contributed by atoms with Gasteiger partial charge in [-0.2, -0.15) is 0 Å². The van der Waals surface area contributed by atoms with Crippen LogP contribution in [-0.4, -0.2) is 74.8 Å². The van der Waals surface area contributed by atoms with Gasteiger partial charge in [-0.15, -0.1) is 0 Å². The minimum absolute atomic E-state index is 0.128. The highest BCUT2D eigenvalue weighted by molar-refractivity contribution is 5.96. The summed E-state index contributed by atoms with van der Waals surface area (Å²) in [4.78, 5) is 8.63. The van der Waals surface area contributed by atoms with Crippen LogP contribution < -0.4 is 5.32 Å². The highest BCUT2D eigenvalue weighted by atomic mass is 16.5. The number of ether oxygens (including phenoxy) is 1. The molecule has 6 heteroatoms. The van der Waals surface area contributed by atoms with E-state index in [9.17, 15) is 0 Å². The van der Waals surface area contributed by atoms with E-state index in [0.717, 1.165) is 38.3 Å². The van der Waals surface area contributed by atoms with Gasteiger partial charge < -0.3 is 19.9 Å². The van der Waals surface area contributed by atoms with E-state index in [2.05, 4.69) is 40.7 Å². The second-order valence-electron chi connectivity index (χ2n) is 6.24. The zero-order valence-electron chi connectivity index (χ0n) is 15.4. The number of rotatable bonds is 10. The predicted octanol–water partition coefficient (Wildman–Crippen LogP) is 1.79. The molecule has 23 heavy (non-hydrogen) atoms. The molecular weight excluding hydrogens is 290 g/mol. The second kappa shape index (κ2) is 9.67. The monoisotopic (exact) mass is 323 g/mol. The van der Waals surface area contributed by atoms with Crippen LogP contribution in [0.25, 0.3) is 0 Å². The van der Waals surface area contributed by atoms with Crippen molar-refractivity contribution in [2.24, 2.45) is 10.9 Å². The summed E-state index contributed by atoms with van der Waals surface area (Å²) >= 11 is 0.